The van der Waals surface area contributed by atoms with Gasteiger partial charge in [-0.05, 0) is 61.2 Å². The molecule has 2 aliphatic heterocycles. The number of benzene rings is 2. The van der Waals surface area contributed by atoms with Gasteiger partial charge in [0.2, 0.25) is 5.82 Å². The molecule has 0 aliphatic carbocycles. The Morgan fingerprint density at radius 1 is 0.861 bits per heavy atom. The third-order valence-corrected chi connectivity index (χ3v) is 6.90. The van der Waals surface area contributed by atoms with Crippen molar-refractivity contribution in [2.24, 2.45) is 5.92 Å². The number of hydrogen-bond donors (Lipinski definition) is 0. The second kappa shape index (κ2) is 10.0. The van der Waals surface area contributed by atoms with Crippen molar-refractivity contribution >= 4 is 17.5 Å². The van der Waals surface area contributed by atoms with Crippen molar-refractivity contribution in [2.45, 2.75) is 19.8 Å². The molecule has 10 heteroatoms. The number of piperazine rings is 1. The van der Waals surface area contributed by atoms with E-state index < -0.39 is 23.4 Å². The van der Waals surface area contributed by atoms with Gasteiger partial charge in [-0.1, -0.05) is 12.1 Å². The minimum Gasteiger partial charge on any atom is -0.372 e. The van der Waals surface area contributed by atoms with Gasteiger partial charge in [-0.25, -0.2) is 8.78 Å². The van der Waals surface area contributed by atoms with Crippen LogP contribution < -0.4 is 4.90 Å². The van der Waals surface area contributed by atoms with Crippen LogP contribution in [0.15, 0.2) is 47.0 Å². The molecule has 3 aromatic rings. The Morgan fingerprint density at radius 3 is 2.14 bits per heavy atom. The quantitative estimate of drug-likeness (QED) is 0.547. The highest BCUT2D eigenvalue weighted by atomic mass is 19.2. The van der Waals surface area contributed by atoms with Gasteiger partial charge >= 0.3 is 11.8 Å². The SMILES string of the molecule is CC1CCN(c2ccc(-c3noc(C(=O)N4CCN(C(=O)c5ccc(F)c(F)c5)CC4)n3)cc2)CC1. The molecule has 188 valence electrons. The smallest absolute Gasteiger partial charge is 0.316 e. The minimum atomic E-state index is -1.07. The molecule has 5 rings (SSSR count). The zero-order valence-corrected chi connectivity index (χ0v) is 20.0. The van der Waals surface area contributed by atoms with Gasteiger partial charge < -0.3 is 19.2 Å². The van der Waals surface area contributed by atoms with Gasteiger partial charge in [0, 0.05) is 56.1 Å². The number of amides is 2. The van der Waals surface area contributed by atoms with E-state index in [0.29, 0.717) is 5.82 Å². The van der Waals surface area contributed by atoms with Crippen LogP contribution in [0.25, 0.3) is 11.4 Å². The van der Waals surface area contributed by atoms with Crippen LogP contribution in [0.4, 0.5) is 14.5 Å². The molecule has 3 heterocycles. The maximum atomic E-state index is 13.5. The fourth-order valence-electron chi connectivity index (χ4n) is 4.58. The lowest BCUT2D eigenvalue weighted by Gasteiger charge is -2.34. The Labute approximate surface area is 207 Å². The molecule has 1 aromatic heterocycles. The third-order valence-electron chi connectivity index (χ3n) is 6.90. The summed E-state index contributed by atoms with van der Waals surface area (Å²) in [5, 5.41) is 3.97. The van der Waals surface area contributed by atoms with Gasteiger partial charge in [0.15, 0.2) is 11.6 Å². The average molecular weight is 496 g/mol. The first-order chi connectivity index (χ1) is 17.4. The predicted molar refractivity (Wildman–Crippen MR) is 129 cm³/mol. The van der Waals surface area contributed by atoms with Crippen molar-refractivity contribution in [3.8, 4) is 11.4 Å². The maximum absolute atomic E-state index is 13.5. The van der Waals surface area contributed by atoms with Crippen molar-refractivity contribution in [3.63, 3.8) is 0 Å². The number of piperidine rings is 1. The van der Waals surface area contributed by atoms with E-state index in [4.69, 9.17) is 4.52 Å². The lowest BCUT2D eigenvalue weighted by molar-refractivity contribution is 0.0508. The maximum Gasteiger partial charge on any atom is 0.316 e. The fourth-order valence-corrected chi connectivity index (χ4v) is 4.58. The van der Waals surface area contributed by atoms with E-state index in [1.54, 1.807) is 0 Å². The van der Waals surface area contributed by atoms with Crippen LogP contribution in [0, 0.1) is 17.6 Å². The lowest BCUT2D eigenvalue weighted by Crippen LogP contribution is -2.50. The summed E-state index contributed by atoms with van der Waals surface area (Å²) in [6.45, 7) is 5.39. The number of hydrogen-bond acceptors (Lipinski definition) is 6. The summed E-state index contributed by atoms with van der Waals surface area (Å²) < 4.78 is 31.9. The van der Waals surface area contributed by atoms with E-state index in [1.807, 2.05) is 24.3 Å². The second-order valence-electron chi connectivity index (χ2n) is 9.35. The molecule has 2 saturated heterocycles. The summed E-state index contributed by atoms with van der Waals surface area (Å²) in [6.07, 6.45) is 2.37. The summed E-state index contributed by atoms with van der Waals surface area (Å²) in [5.41, 5.74) is 1.98. The van der Waals surface area contributed by atoms with Gasteiger partial charge in [0.1, 0.15) is 0 Å². The number of aromatic nitrogens is 2. The summed E-state index contributed by atoms with van der Waals surface area (Å²) in [4.78, 5) is 35.2. The van der Waals surface area contributed by atoms with Gasteiger partial charge in [-0.15, -0.1) is 0 Å². The van der Waals surface area contributed by atoms with Crippen LogP contribution in [0.1, 0.15) is 40.8 Å². The van der Waals surface area contributed by atoms with Crippen molar-refractivity contribution < 1.29 is 22.9 Å². The van der Waals surface area contributed by atoms with E-state index in [-0.39, 0.29) is 37.6 Å². The van der Waals surface area contributed by atoms with Gasteiger partial charge in [0.05, 0.1) is 0 Å². The Morgan fingerprint density at radius 2 is 1.50 bits per heavy atom. The van der Waals surface area contributed by atoms with E-state index in [1.165, 1.54) is 28.7 Å². The van der Waals surface area contributed by atoms with E-state index in [9.17, 15) is 18.4 Å². The highest BCUT2D eigenvalue weighted by Crippen LogP contribution is 2.26. The Balaban J connectivity index is 1.18. The Kier molecular flexibility index (Phi) is 6.67. The van der Waals surface area contributed by atoms with Crippen LogP contribution in [0.2, 0.25) is 0 Å². The molecule has 0 atom stereocenters. The summed E-state index contributed by atoms with van der Waals surface area (Å²) in [7, 11) is 0. The predicted octanol–water partition coefficient (Wildman–Crippen LogP) is 3.85. The number of rotatable bonds is 4. The van der Waals surface area contributed by atoms with E-state index in [2.05, 4.69) is 22.0 Å². The molecule has 0 N–H and O–H groups in total. The second-order valence-corrected chi connectivity index (χ2v) is 9.35. The van der Waals surface area contributed by atoms with Crippen molar-refractivity contribution in [2.75, 3.05) is 44.2 Å². The number of carbonyl (C=O) groups excluding carboxylic acids is 2. The molecule has 2 amide bonds. The van der Waals surface area contributed by atoms with Crippen molar-refractivity contribution in [1.29, 1.82) is 0 Å². The number of halogens is 2. The molecule has 2 aliphatic rings. The van der Waals surface area contributed by atoms with E-state index >= 15 is 0 Å². The molecule has 2 fully saturated rings. The summed E-state index contributed by atoms with van der Waals surface area (Å²) in [6, 6.07) is 11.0. The average Bonchev–Trinajstić information content (AvgIpc) is 3.40. The van der Waals surface area contributed by atoms with Crippen LogP contribution in [0.5, 0.6) is 0 Å². The first kappa shape index (κ1) is 23.9. The van der Waals surface area contributed by atoms with Crippen molar-refractivity contribution in [3.05, 3.63) is 65.6 Å². The molecule has 0 saturated carbocycles. The Hall–Kier alpha value is -3.82. The molecule has 2 aromatic carbocycles. The van der Waals surface area contributed by atoms with Gasteiger partial charge in [-0.2, -0.15) is 4.98 Å². The van der Waals surface area contributed by atoms with Crippen LogP contribution in [0.3, 0.4) is 0 Å². The van der Waals surface area contributed by atoms with Crippen LogP contribution in [-0.4, -0.2) is 71.0 Å². The molecule has 8 nitrogen and oxygen atoms in total. The van der Waals surface area contributed by atoms with Crippen molar-refractivity contribution in [1.82, 2.24) is 19.9 Å². The number of nitrogens with zero attached hydrogens (tertiary/aromatic N) is 5. The summed E-state index contributed by atoms with van der Waals surface area (Å²) in [5.74, 6) is -1.91. The number of carbonyl (C=O) groups is 2. The molecular weight excluding hydrogens is 468 g/mol. The van der Waals surface area contributed by atoms with Gasteiger partial charge in [0.25, 0.3) is 5.91 Å². The van der Waals surface area contributed by atoms with Crippen LogP contribution in [-0.2, 0) is 0 Å². The molecular formula is C26H27F2N5O3. The molecule has 0 unspecified atom stereocenters. The van der Waals surface area contributed by atoms with E-state index in [0.717, 1.165) is 42.4 Å². The zero-order chi connectivity index (χ0) is 25.2. The minimum absolute atomic E-state index is 0.0658. The first-order valence-electron chi connectivity index (χ1n) is 12.1. The lowest BCUT2D eigenvalue weighted by atomic mass is 9.98. The highest BCUT2D eigenvalue weighted by Gasteiger charge is 2.29. The topological polar surface area (TPSA) is 82.8 Å². The molecule has 0 bridgehead atoms. The zero-order valence-electron chi connectivity index (χ0n) is 20.0. The van der Waals surface area contributed by atoms with Gasteiger partial charge in [-0.3, -0.25) is 9.59 Å². The normalized spacial score (nSPS) is 16.9. The third kappa shape index (κ3) is 4.93. The molecule has 0 spiro atoms. The summed E-state index contributed by atoms with van der Waals surface area (Å²) >= 11 is 0. The largest absolute Gasteiger partial charge is 0.372 e. The fraction of sp³-hybridized carbons (Fsp3) is 0.385. The standard InChI is InChI=1S/C26H27F2N5O3/c1-17-8-10-31(11-9-17)20-5-2-18(3-6-20)23-29-24(36-30-23)26(35)33-14-12-32(13-15-33)25(34)19-4-7-21(27)22(28)16-19/h2-7,16-17H,8-15H2,1H3. The Bertz CT molecular complexity index is 1250. The number of anilines is 1. The molecule has 0 radical (unpaired) electrons. The van der Waals surface area contributed by atoms with Crippen LogP contribution >= 0.6 is 0 Å². The monoisotopic (exact) mass is 495 g/mol. The molecule has 36 heavy (non-hydrogen) atoms. The first-order valence-corrected chi connectivity index (χ1v) is 12.1. The highest BCUT2D eigenvalue weighted by molar-refractivity contribution is 5.95.